The third-order valence-electron chi connectivity index (χ3n) is 4.87. The lowest BCUT2D eigenvalue weighted by molar-refractivity contribution is -0.0194. The molecule has 2 aromatic carbocycles. The van der Waals surface area contributed by atoms with Crippen molar-refractivity contribution in [2.45, 2.75) is 30.4 Å². The highest BCUT2D eigenvalue weighted by molar-refractivity contribution is 7.89. The second-order valence-corrected chi connectivity index (χ2v) is 8.45. The maximum Gasteiger partial charge on any atom is 0.427 e. The number of amides is 1. The summed E-state index contributed by atoms with van der Waals surface area (Å²) in [5.74, 6) is 1.21. The highest BCUT2D eigenvalue weighted by Crippen LogP contribution is 2.42. The van der Waals surface area contributed by atoms with Crippen LogP contribution in [0.5, 0.6) is 11.5 Å². The van der Waals surface area contributed by atoms with Gasteiger partial charge in [-0.3, -0.25) is 0 Å². The largest absolute Gasteiger partial charge is 0.497 e. The minimum atomic E-state index is -4.12. The molecule has 0 aliphatic carbocycles. The summed E-state index contributed by atoms with van der Waals surface area (Å²) in [6.07, 6.45) is -0.0971. The van der Waals surface area contributed by atoms with E-state index in [1.807, 2.05) is 13.0 Å². The number of fused-ring (bicyclic) bond motifs is 1. The first-order valence-electron chi connectivity index (χ1n) is 8.50. The number of methoxy groups -OCH3 is 1. The van der Waals surface area contributed by atoms with Crippen LogP contribution in [0.25, 0.3) is 0 Å². The van der Waals surface area contributed by atoms with Crippen molar-refractivity contribution in [3.8, 4) is 11.5 Å². The van der Waals surface area contributed by atoms with Crippen molar-refractivity contribution in [3.05, 3.63) is 53.6 Å². The summed E-state index contributed by atoms with van der Waals surface area (Å²) in [6, 6.07) is 11.6. The number of cyclic esters (lactones) is 1. The Kier molecular flexibility index (Phi) is 4.03. The Balaban J connectivity index is 1.74. The first-order valence-corrected chi connectivity index (χ1v) is 9.94. The zero-order valence-electron chi connectivity index (χ0n) is 15.0. The van der Waals surface area contributed by atoms with Gasteiger partial charge in [-0.15, -0.1) is 0 Å². The van der Waals surface area contributed by atoms with Crippen molar-refractivity contribution >= 4 is 16.1 Å². The van der Waals surface area contributed by atoms with Gasteiger partial charge in [0.15, 0.2) is 6.61 Å². The van der Waals surface area contributed by atoms with Gasteiger partial charge in [-0.05, 0) is 49.2 Å². The first-order chi connectivity index (χ1) is 12.9. The van der Waals surface area contributed by atoms with Gasteiger partial charge in [-0.25, -0.2) is 13.2 Å². The molecule has 0 N–H and O–H groups in total. The molecule has 0 radical (unpaired) electrons. The topological polar surface area (TPSA) is 82.1 Å². The minimum Gasteiger partial charge on any atom is -0.497 e. The zero-order valence-corrected chi connectivity index (χ0v) is 15.8. The van der Waals surface area contributed by atoms with Crippen LogP contribution in [0.2, 0.25) is 0 Å². The van der Waals surface area contributed by atoms with E-state index in [0.717, 1.165) is 15.4 Å². The predicted octanol–water partition coefficient (Wildman–Crippen LogP) is 2.87. The third-order valence-corrected chi connectivity index (χ3v) is 6.70. The van der Waals surface area contributed by atoms with Crippen molar-refractivity contribution in [2.24, 2.45) is 0 Å². The van der Waals surface area contributed by atoms with Crippen molar-refractivity contribution in [1.82, 2.24) is 4.31 Å². The molecule has 1 saturated heterocycles. The lowest BCUT2D eigenvalue weighted by atomic mass is 9.98. The van der Waals surface area contributed by atoms with E-state index in [1.54, 1.807) is 31.4 Å². The fourth-order valence-corrected chi connectivity index (χ4v) is 4.96. The van der Waals surface area contributed by atoms with Crippen LogP contribution in [-0.4, -0.2) is 38.3 Å². The molecule has 2 aliphatic heterocycles. The normalized spacial score (nSPS) is 21.6. The summed E-state index contributed by atoms with van der Waals surface area (Å²) in [7, 11) is -2.54. The number of hydrogen-bond acceptors (Lipinski definition) is 6. The van der Waals surface area contributed by atoms with Gasteiger partial charge in [0.1, 0.15) is 11.5 Å². The summed E-state index contributed by atoms with van der Waals surface area (Å²) in [5, 5.41) is 0. The number of aryl methyl sites for hydroxylation is 2. The Bertz CT molecular complexity index is 1000. The summed E-state index contributed by atoms with van der Waals surface area (Å²) in [4.78, 5) is 12.4. The van der Waals surface area contributed by atoms with E-state index in [4.69, 9.17) is 14.2 Å². The van der Waals surface area contributed by atoms with Gasteiger partial charge in [-0.2, -0.15) is 4.31 Å². The summed E-state index contributed by atoms with van der Waals surface area (Å²) in [5.41, 5.74) is 0.430. The van der Waals surface area contributed by atoms with Crippen LogP contribution >= 0.6 is 0 Å². The predicted molar refractivity (Wildman–Crippen MR) is 96.2 cm³/mol. The van der Waals surface area contributed by atoms with Gasteiger partial charge in [0.25, 0.3) is 10.0 Å². The zero-order chi connectivity index (χ0) is 19.2. The SMILES string of the molecule is COc1ccc2c(c1)CCC1(COC(=O)N1S(=O)(=O)c1ccc(C)cc1)O2. The monoisotopic (exact) mass is 389 g/mol. The second kappa shape index (κ2) is 6.16. The number of hydrogen-bond donors (Lipinski definition) is 0. The van der Waals surface area contributed by atoms with Crippen LogP contribution in [0.3, 0.4) is 0 Å². The Morgan fingerprint density at radius 3 is 2.59 bits per heavy atom. The molecule has 7 nitrogen and oxygen atoms in total. The molecule has 0 bridgehead atoms. The van der Waals surface area contributed by atoms with E-state index in [0.29, 0.717) is 24.3 Å². The molecule has 1 amide bonds. The Hall–Kier alpha value is -2.74. The Morgan fingerprint density at radius 1 is 1.15 bits per heavy atom. The van der Waals surface area contributed by atoms with Crippen LogP contribution < -0.4 is 9.47 Å². The maximum atomic E-state index is 13.2. The molecule has 27 heavy (non-hydrogen) atoms. The quantitative estimate of drug-likeness (QED) is 0.803. The summed E-state index contributed by atoms with van der Waals surface area (Å²) >= 11 is 0. The van der Waals surface area contributed by atoms with Crippen LogP contribution in [0, 0.1) is 6.92 Å². The molecule has 1 spiro atoms. The highest BCUT2D eigenvalue weighted by Gasteiger charge is 2.57. The molecule has 142 valence electrons. The average molecular weight is 389 g/mol. The minimum absolute atomic E-state index is 0.0236. The summed E-state index contributed by atoms with van der Waals surface area (Å²) < 4.78 is 43.4. The molecule has 4 rings (SSSR count). The number of sulfonamides is 1. The molecule has 1 atom stereocenters. The fourth-order valence-electron chi connectivity index (χ4n) is 3.40. The van der Waals surface area contributed by atoms with Gasteiger partial charge < -0.3 is 14.2 Å². The molecule has 2 aliphatic rings. The highest BCUT2D eigenvalue weighted by atomic mass is 32.2. The molecule has 1 fully saturated rings. The number of ether oxygens (including phenoxy) is 3. The molecular weight excluding hydrogens is 370 g/mol. The lowest BCUT2D eigenvalue weighted by Crippen LogP contribution is -2.56. The van der Waals surface area contributed by atoms with Gasteiger partial charge in [0.2, 0.25) is 5.72 Å². The number of carbonyl (C=O) groups excluding carboxylic acids is 1. The molecule has 0 aromatic heterocycles. The maximum absolute atomic E-state index is 13.2. The lowest BCUT2D eigenvalue weighted by Gasteiger charge is -2.38. The van der Waals surface area contributed by atoms with Gasteiger partial charge in [0, 0.05) is 6.42 Å². The van der Waals surface area contributed by atoms with E-state index in [2.05, 4.69) is 0 Å². The Morgan fingerprint density at radius 2 is 1.89 bits per heavy atom. The molecule has 0 saturated carbocycles. The molecular formula is C19H19NO6S. The van der Waals surface area contributed by atoms with E-state index in [-0.39, 0.29) is 11.5 Å². The van der Waals surface area contributed by atoms with Crippen LogP contribution in [0.4, 0.5) is 4.79 Å². The van der Waals surface area contributed by atoms with Crippen LogP contribution in [0.1, 0.15) is 17.5 Å². The van der Waals surface area contributed by atoms with Crippen molar-refractivity contribution in [2.75, 3.05) is 13.7 Å². The second-order valence-electron chi connectivity index (χ2n) is 6.66. The van der Waals surface area contributed by atoms with Crippen molar-refractivity contribution < 1.29 is 27.4 Å². The Labute approximate surface area is 157 Å². The molecule has 2 heterocycles. The number of rotatable bonds is 3. The average Bonchev–Trinajstić information content (AvgIpc) is 2.98. The van der Waals surface area contributed by atoms with E-state index in [1.165, 1.54) is 12.1 Å². The van der Waals surface area contributed by atoms with Crippen LogP contribution in [0.15, 0.2) is 47.4 Å². The van der Waals surface area contributed by atoms with Gasteiger partial charge in [-0.1, -0.05) is 17.7 Å². The van der Waals surface area contributed by atoms with E-state index < -0.39 is 21.8 Å². The van der Waals surface area contributed by atoms with E-state index >= 15 is 0 Å². The standard InChI is InChI=1S/C19H19NO6S/c1-13-3-6-16(7-4-13)27(22,23)20-18(21)25-12-19(20)10-9-14-11-15(24-2)5-8-17(14)26-19/h3-8,11H,9-10,12H2,1-2H3. The molecule has 2 aromatic rings. The van der Waals surface area contributed by atoms with Gasteiger partial charge in [0.05, 0.1) is 12.0 Å². The fraction of sp³-hybridized carbons (Fsp3) is 0.316. The van der Waals surface area contributed by atoms with Crippen molar-refractivity contribution in [1.29, 1.82) is 0 Å². The summed E-state index contributed by atoms with van der Waals surface area (Å²) in [6.45, 7) is 1.71. The number of carbonyl (C=O) groups is 1. The molecule has 1 unspecified atom stereocenters. The van der Waals surface area contributed by atoms with Gasteiger partial charge >= 0.3 is 6.09 Å². The van der Waals surface area contributed by atoms with Crippen LogP contribution in [-0.2, 0) is 21.2 Å². The number of nitrogens with zero attached hydrogens (tertiary/aromatic N) is 1. The van der Waals surface area contributed by atoms with E-state index in [9.17, 15) is 13.2 Å². The smallest absolute Gasteiger partial charge is 0.427 e. The molecule has 8 heteroatoms. The van der Waals surface area contributed by atoms with Crippen molar-refractivity contribution in [3.63, 3.8) is 0 Å². The third kappa shape index (κ3) is 2.80. The number of benzene rings is 2. The first kappa shape index (κ1) is 17.7.